The summed E-state index contributed by atoms with van der Waals surface area (Å²) in [5, 5.41) is 1.60. The van der Waals surface area contributed by atoms with Crippen LogP contribution >= 0.6 is 0 Å². The fourth-order valence-electron chi connectivity index (χ4n) is 4.77. The van der Waals surface area contributed by atoms with Gasteiger partial charge in [-0.15, -0.1) is 0 Å². The minimum absolute atomic E-state index is 0.0858. The fourth-order valence-corrected chi connectivity index (χ4v) is 4.77. The molecule has 1 N–H and O–H groups in total. The Kier molecular flexibility index (Phi) is 6.69. The topological polar surface area (TPSA) is 71.6 Å². The molecule has 2 heterocycles. The summed E-state index contributed by atoms with van der Waals surface area (Å²) in [5.41, 5.74) is 3.81. The van der Waals surface area contributed by atoms with E-state index >= 15 is 0 Å². The molecule has 2 aromatic carbocycles. The minimum Gasteiger partial charge on any atom is -0.496 e. The number of H-pyrrole nitrogens is 1. The Morgan fingerprint density at radius 1 is 1.12 bits per heavy atom. The summed E-state index contributed by atoms with van der Waals surface area (Å²) in [6, 6.07) is 11.9. The van der Waals surface area contributed by atoms with E-state index < -0.39 is 5.60 Å². The molecule has 0 saturated carbocycles. The zero-order chi connectivity index (χ0) is 24.5. The molecule has 6 nitrogen and oxygen atoms in total. The summed E-state index contributed by atoms with van der Waals surface area (Å²) < 4.78 is 11.3. The van der Waals surface area contributed by atoms with Crippen LogP contribution in [0.4, 0.5) is 4.79 Å². The second kappa shape index (κ2) is 9.53. The van der Waals surface area contributed by atoms with E-state index in [2.05, 4.69) is 24.0 Å². The number of piperidine rings is 1. The number of amides is 1. The molecule has 180 valence electrons. The maximum Gasteiger partial charge on any atom is 0.410 e. The molecule has 34 heavy (non-hydrogen) atoms. The number of methoxy groups -OCH3 is 1. The van der Waals surface area contributed by atoms with E-state index in [4.69, 9.17) is 9.47 Å². The van der Waals surface area contributed by atoms with E-state index in [1.54, 1.807) is 13.3 Å². The highest BCUT2D eigenvalue weighted by Crippen LogP contribution is 2.35. The van der Waals surface area contributed by atoms with Gasteiger partial charge in [0.15, 0.2) is 0 Å². The van der Waals surface area contributed by atoms with Gasteiger partial charge in [0.2, 0.25) is 0 Å². The Hall–Kier alpha value is -3.28. The third-order valence-electron chi connectivity index (χ3n) is 6.53. The van der Waals surface area contributed by atoms with Gasteiger partial charge in [0, 0.05) is 30.2 Å². The number of aromatic nitrogens is 1. The average molecular weight is 463 g/mol. The third kappa shape index (κ3) is 5.11. The summed E-state index contributed by atoms with van der Waals surface area (Å²) >= 11 is 0. The molecular weight excluding hydrogens is 428 g/mol. The molecule has 0 bridgehead atoms. The Labute approximate surface area is 200 Å². The van der Waals surface area contributed by atoms with E-state index in [1.807, 2.05) is 49.9 Å². The minimum atomic E-state index is -0.475. The lowest BCUT2D eigenvalue weighted by molar-refractivity contribution is 0.0184. The maximum atomic E-state index is 12.4. The number of pyridine rings is 1. The van der Waals surface area contributed by atoms with Gasteiger partial charge in [-0.2, -0.15) is 0 Å². The van der Waals surface area contributed by atoms with Crippen LogP contribution in [0.1, 0.15) is 44.7 Å². The van der Waals surface area contributed by atoms with Crippen LogP contribution in [-0.4, -0.2) is 41.8 Å². The summed E-state index contributed by atoms with van der Waals surface area (Å²) in [6.07, 6.45) is 4.34. The largest absolute Gasteiger partial charge is 0.496 e. The molecule has 1 aromatic heterocycles. The van der Waals surface area contributed by atoms with Gasteiger partial charge >= 0.3 is 6.09 Å². The van der Waals surface area contributed by atoms with Crippen molar-refractivity contribution in [3.05, 3.63) is 64.1 Å². The number of hydrogen-bond acceptors (Lipinski definition) is 4. The molecule has 0 spiro atoms. The number of fused-ring (bicyclic) bond motifs is 1. The van der Waals surface area contributed by atoms with Crippen LogP contribution < -0.4 is 10.3 Å². The lowest BCUT2D eigenvalue weighted by Gasteiger charge is -2.33. The van der Waals surface area contributed by atoms with Gasteiger partial charge in [0.1, 0.15) is 11.4 Å². The number of rotatable bonds is 4. The van der Waals surface area contributed by atoms with Crippen molar-refractivity contribution in [2.24, 2.45) is 5.92 Å². The summed E-state index contributed by atoms with van der Waals surface area (Å²) in [7, 11) is 1.71. The number of benzene rings is 2. The molecule has 1 amide bonds. The second-order valence-corrected chi connectivity index (χ2v) is 10.2. The maximum absolute atomic E-state index is 12.4. The van der Waals surface area contributed by atoms with Crippen molar-refractivity contribution < 1.29 is 14.3 Å². The smallest absolute Gasteiger partial charge is 0.410 e. The molecule has 6 heteroatoms. The summed E-state index contributed by atoms with van der Waals surface area (Å²) in [5.74, 6) is 1.34. The number of carbonyl (C=O) groups excluding carboxylic acids is 1. The van der Waals surface area contributed by atoms with Crippen molar-refractivity contribution in [1.29, 1.82) is 0 Å². The second-order valence-electron chi connectivity index (χ2n) is 10.2. The number of hydrogen-bond donors (Lipinski definition) is 1. The quantitative estimate of drug-likeness (QED) is 0.540. The Morgan fingerprint density at radius 3 is 2.44 bits per heavy atom. The van der Waals surface area contributed by atoms with Crippen LogP contribution in [0.2, 0.25) is 0 Å². The Morgan fingerprint density at radius 2 is 1.79 bits per heavy atom. The number of aromatic amines is 1. The summed E-state index contributed by atoms with van der Waals surface area (Å²) in [4.78, 5) is 29.3. The highest BCUT2D eigenvalue weighted by atomic mass is 16.6. The predicted molar refractivity (Wildman–Crippen MR) is 136 cm³/mol. The zero-order valence-electron chi connectivity index (χ0n) is 20.7. The van der Waals surface area contributed by atoms with Gasteiger partial charge < -0.3 is 19.4 Å². The number of ether oxygens (including phenoxy) is 2. The highest BCUT2D eigenvalue weighted by Gasteiger charge is 2.28. The van der Waals surface area contributed by atoms with E-state index in [-0.39, 0.29) is 11.7 Å². The van der Waals surface area contributed by atoms with Gasteiger partial charge in [0.25, 0.3) is 5.56 Å². The Bertz CT molecular complexity index is 1250. The zero-order valence-corrected chi connectivity index (χ0v) is 20.7. The van der Waals surface area contributed by atoms with Crippen molar-refractivity contribution >= 4 is 16.9 Å². The van der Waals surface area contributed by atoms with Crippen LogP contribution in [0.5, 0.6) is 5.75 Å². The molecule has 0 atom stereocenters. The number of likely N-dealkylation sites (tertiary alicyclic amines) is 1. The van der Waals surface area contributed by atoms with Crippen LogP contribution in [0, 0.1) is 12.8 Å². The first-order valence-corrected chi connectivity index (χ1v) is 11.9. The number of nitrogens with one attached hydrogen (secondary N) is 1. The average Bonchev–Trinajstić information content (AvgIpc) is 2.80. The highest BCUT2D eigenvalue weighted by molar-refractivity contribution is 5.96. The molecule has 3 aromatic rings. The van der Waals surface area contributed by atoms with Gasteiger partial charge in [-0.1, -0.05) is 24.3 Å². The van der Waals surface area contributed by atoms with Crippen LogP contribution in [-0.2, 0) is 11.2 Å². The normalized spacial score (nSPS) is 14.9. The molecule has 0 aliphatic carbocycles. The van der Waals surface area contributed by atoms with Crippen molar-refractivity contribution in [3.63, 3.8) is 0 Å². The predicted octanol–water partition coefficient (Wildman–Crippen LogP) is 5.70. The van der Waals surface area contributed by atoms with Gasteiger partial charge in [0.05, 0.1) is 7.11 Å². The number of aryl methyl sites for hydroxylation is 1. The summed E-state index contributed by atoms with van der Waals surface area (Å²) in [6.45, 7) is 9.22. The first kappa shape index (κ1) is 23.9. The molecule has 1 saturated heterocycles. The van der Waals surface area contributed by atoms with Crippen LogP contribution in [0.3, 0.4) is 0 Å². The molecule has 1 aliphatic heterocycles. The lowest BCUT2D eigenvalue weighted by atomic mass is 9.87. The Balaban J connectivity index is 1.54. The van der Waals surface area contributed by atoms with Gasteiger partial charge in [-0.3, -0.25) is 4.79 Å². The molecule has 0 unspecified atom stereocenters. The van der Waals surface area contributed by atoms with E-state index in [9.17, 15) is 9.59 Å². The fraction of sp³-hybridized carbons (Fsp3) is 0.429. The van der Waals surface area contributed by atoms with Crippen molar-refractivity contribution in [2.45, 2.75) is 52.6 Å². The van der Waals surface area contributed by atoms with Crippen molar-refractivity contribution in [3.8, 4) is 16.9 Å². The number of nitrogens with zero attached hydrogens (tertiary/aromatic N) is 1. The molecule has 0 radical (unpaired) electrons. The van der Waals surface area contributed by atoms with Gasteiger partial charge in [-0.05, 0) is 87.1 Å². The third-order valence-corrected chi connectivity index (χ3v) is 6.53. The van der Waals surface area contributed by atoms with E-state index in [0.717, 1.165) is 41.5 Å². The molecule has 4 rings (SSSR count). The first-order valence-electron chi connectivity index (χ1n) is 11.9. The molecule has 1 aliphatic rings. The van der Waals surface area contributed by atoms with Gasteiger partial charge in [-0.25, -0.2) is 4.79 Å². The molecular formula is C28H34N2O4. The first-order chi connectivity index (χ1) is 16.2. The monoisotopic (exact) mass is 462 g/mol. The van der Waals surface area contributed by atoms with E-state index in [0.29, 0.717) is 24.4 Å². The standard InChI is InChI=1S/C28H34N2O4/c1-18-14-20(24-17-29-26(31)22-9-7-6-8-21(22)24)16-25(33-5)23(18)15-19-10-12-30(13-11-19)27(32)34-28(2,3)4/h6-9,14,16-17,19H,10-13,15H2,1-5H3,(H,29,31). The van der Waals surface area contributed by atoms with Crippen molar-refractivity contribution in [2.75, 3.05) is 20.2 Å². The van der Waals surface area contributed by atoms with Crippen LogP contribution in [0.15, 0.2) is 47.4 Å². The van der Waals surface area contributed by atoms with E-state index in [1.165, 1.54) is 11.1 Å². The lowest BCUT2D eigenvalue weighted by Crippen LogP contribution is -2.42. The number of carbonyl (C=O) groups is 1. The van der Waals surface area contributed by atoms with Crippen LogP contribution in [0.25, 0.3) is 21.9 Å². The molecule has 1 fully saturated rings. The SMILES string of the molecule is COc1cc(-c2c[nH]c(=O)c3ccccc23)cc(C)c1CC1CCN(C(=O)OC(C)(C)C)CC1. The van der Waals surface area contributed by atoms with Crippen molar-refractivity contribution in [1.82, 2.24) is 9.88 Å².